The largest absolute Gasteiger partial charge is 0.477 e. The smallest absolute Gasteiger partial charge is 0.346 e. The molecular formula is C24H34N2O4S2. The molecule has 32 heavy (non-hydrogen) atoms. The van der Waals surface area contributed by atoms with E-state index in [2.05, 4.69) is 17.0 Å². The number of anilines is 1. The predicted molar refractivity (Wildman–Crippen MR) is 130 cm³/mol. The monoisotopic (exact) mass is 478 g/mol. The van der Waals surface area contributed by atoms with Crippen LogP contribution in [0, 0.1) is 19.8 Å². The van der Waals surface area contributed by atoms with Gasteiger partial charge in [0.1, 0.15) is 9.09 Å². The van der Waals surface area contributed by atoms with Crippen LogP contribution in [-0.2, 0) is 16.6 Å². The lowest BCUT2D eigenvalue weighted by Gasteiger charge is -2.21. The fourth-order valence-corrected chi connectivity index (χ4v) is 7.30. The van der Waals surface area contributed by atoms with Gasteiger partial charge in [-0.2, -0.15) is 0 Å². The summed E-state index contributed by atoms with van der Waals surface area (Å²) < 4.78 is 28.9. The van der Waals surface area contributed by atoms with Crippen LogP contribution >= 0.6 is 11.3 Å². The Balaban J connectivity index is 1.70. The molecule has 0 bridgehead atoms. The highest BCUT2D eigenvalue weighted by molar-refractivity contribution is 7.94. The molecule has 3 N–H and O–H groups in total. The van der Waals surface area contributed by atoms with E-state index in [0.29, 0.717) is 29.4 Å². The standard InChI is InChI=1S/C24H34N2O4S2/c1-16(14-19-10-6-4-5-7-11-19)25-15-20-12-8-9-13-21(20)26-32(29,30)24-18(3)17(2)22(31-24)23(27)28/h8-9,12-13,16,19,25-26H,4-7,10-11,14-15H2,1-3H3,(H,27,28)/t16-/m0/s1. The normalized spacial score (nSPS) is 16.5. The van der Waals surface area contributed by atoms with Gasteiger partial charge in [-0.15, -0.1) is 11.3 Å². The summed E-state index contributed by atoms with van der Waals surface area (Å²) in [5, 5.41) is 12.9. The van der Waals surface area contributed by atoms with Crippen molar-refractivity contribution < 1.29 is 18.3 Å². The first-order valence-electron chi connectivity index (χ1n) is 11.4. The molecule has 1 atom stereocenters. The third-order valence-electron chi connectivity index (χ3n) is 6.41. The van der Waals surface area contributed by atoms with Gasteiger partial charge in [-0.1, -0.05) is 56.7 Å². The van der Waals surface area contributed by atoms with Gasteiger partial charge >= 0.3 is 5.97 Å². The number of hydrogen-bond donors (Lipinski definition) is 3. The van der Waals surface area contributed by atoms with E-state index in [4.69, 9.17) is 0 Å². The lowest BCUT2D eigenvalue weighted by molar-refractivity contribution is 0.0701. The van der Waals surface area contributed by atoms with E-state index in [1.807, 2.05) is 12.1 Å². The average molecular weight is 479 g/mol. The zero-order valence-electron chi connectivity index (χ0n) is 19.1. The maximum absolute atomic E-state index is 13.1. The van der Waals surface area contributed by atoms with Gasteiger partial charge in [0, 0.05) is 12.6 Å². The molecule has 6 nitrogen and oxygen atoms in total. The second kappa shape index (κ2) is 10.8. The van der Waals surface area contributed by atoms with E-state index in [9.17, 15) is 18.3 Å². The van der Waals surface area contributed by atoms with Crippen molar-refractivity contribution in [2.24, 2.45) is 5.92 Å². The zero-order chi connectivity index (χ0) is 23.3. The molecule has 1 heterocycles. The fraction of sp³-hybridized carbons (Fsp3) is 0.542. The lowest BCUT2D eigenvalue weighted by atomic mass is 9.93. The van der Waals surface area contributed by atoms with Crippen molar-refractivity contribution in [2.45, 2.75) is 82.5 Å². The van der Waals surface area contributed by atoms with Crippen LogP contribution in [0.5, 0.6) is 0 Å². The van der Waals surface area contributed by atoms with Gasteiger partial charge < -0.3 is 10.4 Å². The number of thiophene rings is 1. The Morgan fingerprint density at radius 1 is 1.12 bits per heavy atom. The first kappa shape index (κ1) is 24.7. The second-order valence-corrected chi connectivity index (χ2v) is 11.8. The number of benzene rings is 1. The third-order valence-corrected chi connectivity index (χ3v) is 9.77. The van der Waals surface area contributed by atoms with Crippen LogP contribution in [0.4, 0.5) is 5.69 Å². The van der Waals surface area contributed by atoms with Crippen molar-refractivity contribution in [2.75, 3.05) is 4.72 Å². The summed E-state index contributed by atoms with van der Waals surface area (Å²) in [4.78, 5) is 11.5. The summed E-state index contributed by atoms with van der Waals surface area (Å²) in [5.41, 5.74) is 2.36. The highest BCUT2D eigenvalue weighted by Gasteiger charge is 2.26. The molecule has 1 aromatic carbocycles. The van der Waals surface area contributed by atoms with Crippen LogP contribution in [0.25, 0.3) is 0 Å². The van der Waals surface area contributed by atoms with E-state index < -0.39 is 16.0 Å². The van der Waals surface area contributed by atoms with E-state index in [1.54, 1.807) is 26.0 Å². The van der Waals surface area contributed by atoms with E-state index in [0.717, 1.165) is 29.2 Å². The number of rotatable bonds is 9. The van der Waals surface area contributed by atoms with Crippen LogP contribution in [0.1, 0.15) is 78.2 Å². The number of aromatic carboxylic acids is 1. The summed E-state index contributed by atoms with van der Waals surface area (Å²) in [5.74, 6) is -0.341. The van der Waals surface area contributed by atoms with Gasteiger partial charge in [0.2, 0.25) is 0 Å². The molecule has 0 aliphatic heterocycles. The van der Waals surface area contributed by atoms with Crippen LogP contribution in [0.3, 0.4) is 0 Å². The third kappa shape index (κ3) is 6.11. The Labute approximate surface area is 195 Å². The van der Waals surface area contributed by atoms with Gasteiger partial charge in [-0.3, -0.25) is 4.72 Å². The Hall–Kier alpha value is -1.90. The Morgan fingerprint density at radius 2 is 1.78 bits per heavy atom. The Bertz CT molecular complexity index is 1040. The van der Waals surface area contributed by atoms with Gasteiger partial charge in [-0.25, -0.2) is 13.2 Å². The molecule has 0 unspecified atom stereocenters. The topological polar surface area (TPSA) is 95.5 Å². The first-order chi connectivity index (χ1) is 15.2. The molecule has 3 rings (SSSR count). The summed E-state index contributed by atoms with van der Waals surface area (Å²) in [6, 6.07) is 7.71. The van der Waals surface area contributed by atoms with E-state index in [1.165, 1.54) is 38.5 Å². The van der Waals surface area contributed by atoms with Gasteiger partial charge in [0.15, 0.2) is 0 Å². The number of hydrogen-bond acceptors (Lipinski definition) is 5. The molecule has 8 heteroatoms. The molecule has 176 valence electrons. The summed E-state index contributed by atoms with van der Waals surface area (Å²) in [6.07, 6.45) is 9.10. The van der Waals surface area contributed by atoms with Crippen molar-refractivity contribution in [1.82, 2.24) is 5.32 Å². The number of carboxylic acid groups (broad SMARTS) is 1. The fourth-order valence-electron chi connectivity index (χ4n) is 4.46. The summed E-state index contributed by atoms with van der Waals surface area (Å²) in [7, 11) is -3.89. The highest BCUT2D eigenvalue weighted by Crippen LogP contribution is 2.33. The van der Waals surface area contributed by atoms with Crippen LogP contribution in [0.2, 0.25) is 0 Å². The molecule has 1 aliphatic carbocycles. The van der Waals surface area contributed by atoms with Crippen molar-refractivity contribution in [1.29, 1.82) is 0 Å². The molecule has 1 aromatic heterocycles. The molecular weight excluding hydrogens is 444 g/mol. The van der Waals surface area contributed by atoms with E-state index in [-0.39, 0.29) is 9.09 Å². The number of para-hydroxylation sites is 1. The molecule has 0 amide bonds. The van der Waals surface area contributed by atoms with E-state index >= 15 is 0 Å². The highest BCUT2D eigenvalue weighted by atomic mass is 32.2. The SMILES string of the molecule is Cc1c(C(=O)O)sc(S(=O)(=O)Nc2ccccc2CN[C@@H](C)CC2CCCCCC2)c1C. The minimum Gasteiger partial charge on any atom is -0.477 e. The quantitative estimate of drug-likeness (QED) is 0.402. The maximum atomic E-state index is 13.1. The molecule has 0 radical (unpaired) electrons. The summed E-state index contributed by atoms with van der Waals surface area (Å²) in [6.45, 7) is 6.05. The summed E-state index contributed by atoms with van der Waals surface area (Å²) >= 11 is 0.800. The number of sulfonamides is 1. The zero-order valence-corrected chi connectivity index (χ0v) is 20.7. The van der Waals surface area contributed by atoms with Gasteiger partial charge in [0.05, 0.1) is 5.69 Å². The average Bonchev–Trinajstić information content (AvgIpc) is 2.90. The Morgan fingerprint density at radius 3 is 2.41 bits per heavy atom. The number of carboxylic acids is 1. The van der Waals surface area contributed by atoms with Crippen LogP contribution in [0.15, 0.2) is 28.5 Å². The van der Waals surface area contributed by atoms with Crippen molar-refractivity contribution in [3.63, 3.8) is 0 Å². The van der Waals surface area contributed by atoms with Crippen LogP contribution in [-0.4, -0.2) is 25.5 Å². The van der Waals surface area contributed by atoms with Crippen molar-refractivity contribution >= 4 is 33.0 Å². The maximum Gasteiger partial charge on any atom is 0.346 e. The number of nitrogens with one attached hydrogen (secondary N) is 2. The van der Waals surface area contributed by atoms with Crippen molar-refractivity contribution in [3.05, 3.63) is 45.8 Å². The molecule has 0 saturated heterocycles. The van der Waals surface area contributed by atoms with Crippen LogP contribution < -0.4 is 10.0 Å². The second-order valence-electron chi connectivity index (χ2n) is 8.91. The molecule has 1 saturated carbocycles. The Kier molecular flexibility index (Phi) is 8.36. The molecule has 1 fully saturated rings. The molecule has 0 spiro atoms. The predicted octanol–water partition coefficient (Wildman–Crippen LogP) is 5.70. The first-order valence-corrected chi connectivity index (χ1v) is 13.7. The molecule has 2 aromatic rings. The lowest BCUT2D eigenvalue weighted by Crippen LogP contribution is -2.28. The molecule has 1 aliphatic rings. The van der Waals surface area contributed by atoms with Gasteiger partial charge in [0.25, 0.3) is 10.0 Å². The minimum atomic E-state index is -3.89. The van der Waals surface area contributed by atoms with Gasteiger partial charge in [-0.05, 0) is 55.9 Å². The minimum absolute atomic E-state index is 0.0527. The number of carbonyl (C=O) groups is 1. The van der Waals surface area contributed by atoms with Crippen molar-refractivity contribution in [3.8, 4) is 0 Å².